The molecule has 1 amide bonds. The molecule has 0 aromatic carbocycles. The highest BCUT2D eigenvalue weighted by molar-refractivity contribution is 5.76. The van der Waals surface area contributed by atoms with E-state index in [-0.39, 0.29) is 12.5 Å². The third-order valence-corrected chi connectivity index (χ3v) is 1.86. The number of rotatable bonds is 1. The molecule has 64 valence electrons. The summed E-state index contributed by atoms with van der Waals surface area (Å²) in [5.41, 5.74) is -0.788. The standard InChI is InChI=1S/C7H13NO3/c1-7(10)4-3-6(9)8(5-7)11-2/h10H,3-5H2,1-2H3. The molecule has 0 spiro atoms. The fraction of sp³-hybridized carbons (Fsp3) is 0.857. The van der Waals surface area contributed by atoms with Gasteiger partial charge in [0.05, 0.1) is 19.3 Å². The molecule has 1 N–H and O–H groups in total. The van der Waals surface area contributed by atoms with E-state index in [1.54, 1.807) is 6.92 Å². The van der Waals surface area contributed by atoms with Crippen LogP contribution in [-0.2, 0) is 9.63 Å². The molecule has 1 heterocycles. The predicted molar refractivity (Wildman–Crippen MR) is 38.6 cm³/mol. The molecule has 0 saturated carbocycles. The second kappa shape index (κ2) is 2.79. The molecule has 1 aliphatic rings. The van der Waals surface area contributed by atoms with Crippen molar-refractivity contribution in [2.45, 2.75) is 25.4 Å². The summed E-state index contributed by atoms with van der Waals surface area (Å²) < 4.78 is 0. The molecule has 0 aromatic heterocycles. The lowest BCUT2D eigenvalue weighted by Crippen LogP contribution is -2.48. The lowest BCUT2D eigenvalue weighted by molar-refractivity contribution is -0.200. The highest BCUT2D eigenvalue weighted by atomic mass is 16.7. The average Bonchev–Trinajstić information content (AvgIpc) is 1.94. The summed E-state index contributed by atoms with van der Waals surface area (Å²) in [4.78, 5) is 15.8. The van der Waals surface area contributed by atoms with Gasteiger partial charge in [0, 0.05) is 6.42 Å². The Morgan fingerprint density at radius 2 is 2.36 bits per heavy atom. The zero-order chi connectivity index (χ0) is 8.48. The summed E-state index contributed by atoms with van der Waals surface area (Å²) in [5.74, 6) is -0.0565. The van der Waals surface area contributed by atoms with Crippen LogP contribution in [0.3, 0.4) is 0 Å². The van der Waals surface area contributed by atoms with Crippen LogP contribution in [0.1, 0.15) is 19.8 Å². The molecular formula is C7H13NO3. The summed E-state index contributed by atoms with van der Waals surface area (Å²) in [6.45, 7) is 1.97. The Morgan fingerprint density at radius 3 is 2.82 bits per heavy atom. The zero-order valence-corrected chi connectivity index (χ0v) is 6.83. The van der Waals surface area contributed by atoms with Crippen molar-refractivity contribution in [1.82, 2.24) is 5.06 Å². The van der Waals surface area contributed by atoms with Crippen molar-refractivity contribution in [3.8, 4) is 0 Å². The maximum Gasteiger partial charge on any atom is 0.246 e. The second-order valence-electron chi connectivity index (χ2n) is 3.11. The average molecular weight is 159 g/mol. The first-order valence-corrected chi connectivity index (χ1v) is 3.62. The Labute approximate surface area is 65.7 Å². The molecule has 1 rings (SSSR count). The lowest BCUT2D eigenvalue weighted by Gasteiger charge is -2.34. The van der Waals surface area contributed by atoms with Crippen LogP contribution in [-0.4, -0.2) is 35.3 Å². The molecule has 1 atom stereocenters. The summed E-state index contributed by atoms with van der Waals surface area (Å²) >= 11 is 0. The van der Waals surface area contributed by atoms with Gasteiger partial charge in [-0.15, -0.1) is 0 Å². The maximum absolute atomic E-state index is 11.0. The largest absolute Gasteiger partial charge is 0.388 e. The van der Waals surface area contributed by atoms with Gasteiger partial charge in [-0.05, 0) is 13.3 Å². The van der Waals surface area contributed by atoms with Crippen molar-refractivity contribution in [3.63, 3.8) is 0 Å². The molecule has 0 aromatic rings. The Morgan fingerprint density at radius 1 is 1.73 bits per heavy atom. The SMILES string of the molecule is CON1CC(C)(O)CCC1=O. The smallest absolute Gasteiger partial charge is 0.246 e. The predicted octanol–water partition coefficient (Wildman–Crippen LogP) is -0.0788. The Bertz CT molecular complexity index is 167. The van der Waals surface area contributed by atoms with Gasteiger partial charge in [-0.1, -0.05) is 0 Å². The number of piperidine rings is 1. The van der Waals surface area contributed by atoms with Gasteiger partial charge < -0.3 is 5.11 Å². The number of hydroxylamine groups is 2. The van der Waals surface area contributed by atoms with E-state index < -0.39 is 5.60 Å². The number of β-amino-alcohol motifs (C(OH)–C–C–N with tert-alkyl or cyclic N) is 1. The van der Waals surface area contributed by atoms with Crippen LogP contribution < -0.4 is 0 Å². The third kappa shape index (κ3) is 1.91. The number of hydrogen-bond acceptors (Lipinski definition) is 3. The minimum absolute atomic E-state index is 0.0565. The van der Waals surface area contributed by atoms with E-state index in [4.69, 9.17) is 4.84 Å². The topological polar surface area (TPSA) is 49.8 Å². The lowest BCUT2D eigenvalue weighted by atomic mass is 9.96. The van der Waals surface area contributed by atoms with E-state index in [1.165, 1.54) is 12.2 Å². The van der Waals surface area contributed by atoms with Crippen molar-refractivity contribution in [1.29, 1.82) is 0 Å². The van der Waals surface area contributed by atoms with Gasteiger partial charge in [0.1, 0.15) is 0 Å². The number of aliphatic hydroxyl groups is 1. The van der Waals surface area contributed by atoms with Gasteiger partial charge in [-0.3, -0.25) is 9.63 Å². The van der Waals surface area contributed by atoms with Crippen LogP contribution in [0.2, 0.25) is 0 Å². The number of carbonyl (C=O) groups is 1. The van der Waals surface area contributed by atoms with Crippen LogP contribution in [0.5, 0.6) is 0 Å². The second-order valence-corrected chi connectivity index (χ2v) is 3.11. The third-order valence-electron chi connectivity index (χ3n) is 1.86. The monoisotopic (exact) mass is 159 g/mol. The minimum Gasteiger partial charge on any atom is -0.388 e. The fourth-order valence-electron chi connectivity index (χ4n) is 1.14. The van der Waals surface area contributed by atoms with Crippen LogP contribution in [0.25, 0.3) is 0 Å². The molecule has 0 bridgehead atoms. The molecule has 1 unspecified atom stereocenters. The molecule has 4 heteroatoms. The highest BCUT2D eigenvalue weighted by Gasteiger charge is 2.33. The summed E-state index contributed by atoms with van der Waals surface area (Å²) in [7, 11) is 1.43. The van der Waals surface area contributed by atoms with Crippen LogP contribution >= 0.6 is 0 Å². The Kier molecular flexibility index (Phi) is 2.15. The summed E-state index contributed by atoms with van der Waals surface area (Å²) in [6.07, 6.45) is 0.881. The Hall–Kier alpha value is -0.610. The van der Waals surface area contributed by atoms with Gasteiger partial charge >= 0.3 is 0 Å². The maximum atomic E-state index is 11.0. The first kappa shape index (κ1) is 8.49. The van der Waals surface area contributed by atoms with Crippen molar-refractivity contribution < 1.29 is 14.7 Å². The molecule has 0 radical (unpaired) electrons. The fourth-order valence-corrected chi connectivity index (χ4v) is 1.14. The number of nitrogens with zero attached hydrogens (tertiary/aromatic N) is 1. The van der Waals surface area contributed by atoms with Gasteiger partial charge in [-0.2, -0.15) is 0 Å². The number of amides is 1. The van der Waals surface area contributed by atoms with Crippen molar-refractivity contribution in [2.75, 3.05) is 13.7 Å². The first-order chi connectivity index (χ1) is 5.05. The molecule has 11 heavy (non-hydrogen) atoms. The van der Waals surface area contributed by atoms with E-state index >= 15 is 0 Å². The molecule has 1 saturated heterocycles. The van der Waals surface area contributed by atoms with Gasteiger partial charge in [0.2, 0.25) is 5.91 Å². The number of hydrogen-bond donors (Lipinski definition) is 1. The highest BCUT2D eigenvalue weighted by Crippen LogP contribution is 2.20. The van der Waals surface area contributed by atoms with E-state index in [0.717, 1.165) is 0 Å². The Balaban J connectivity index is 2.58. The van der Waals surface area contributed by atoms with Gasteiger partial charge in [-0.25, -0.2) is 5.06 Å². The van der Waals surface area contributed by atoms with Gasteiger partial charge in [0.15, 0.2) is 0 Å². The summed E-state index contributed by atoms with van der Waals surface area (Å²) in [5, 5.41) is 10.7. The zero-order valence-electron chi connectivity index (χ0n) is 6.83. The van der Waals surface area contributed by atoms with Gasteiger partial charge in [0.25, 0.3) is 0 Å². The quantitative estimate of drug-likeness (QED) is 0.582. The van der Waals surface area contributed by atoms with Crippen molar-refractivity contribution >= 4 is 5.91 Å². The van der Waals surface area contributed by atoms with E-state index in [0.29, 0.717) is 12.8 Å². The molecular weight excluding hydrogens is 146 g/mol. The van der Waals surface area contributed by atoms with E-state index in [9.17, 15) is 9.90 Å². The minimum atomic E-state index is -0.788. The first-order valence-electron chi connectivity index (χ1n) is 3.62. The molecule has 4 nitrogen and oxygen atoms in total. The normalized spacial score (nSPS) is 32.6. The van der Waals surface area contributed by atoms with E-state index in [1.807, 2.05) is 0 Å². The van der Waals surface area contributed by atoms with Crippen molar-refractivity contribution in [2.24, 2.45) is 0 Å². The number of carbonyl (C=O) groups excluding carboxylic acids is 1. The van der Waals surface area contributed by atoms with E-state index in [2.05, 4.69) is 0 Å². The molecule has 1 aliphatic heterocycles. The van der Waals surface area contributed by atoms with Crippen LogP contribution in [0, 0.1) is 0 Å². The van der Waals surface area contributed by atoms with Crippen LogP contribution in [0.15, 0.2) is 0 Å². The molecule has 0 aliphatic carbocycles. The van der Waals surface area contributed by atoms with Crippen LogP contribution in [0.4, 0.5) is 0 Å². The van der Waals surface area contributed by atoms with Crippen molar-refractivity contribution in [3.05, 3.63) is 0 Å². The summed E-state index contributed by atoms with van der Waals surface area (Å²) in [6, 6.07) is 0. The molecule has 1 fully saturated rings.